The van der Waals surface area contributed by atoms with Crippen molar-refractivity contribution in [3.63, 3.8) is 0 Å². The van der Waals surface area contributed by atoms with Gasteiger partial charge in [0.2, 0.25) is 5.91 Å². The lowest BCUT2D eigenvalue weighted by molar-refractivity contribution is -0.121. The predicted octanol–water partition coefficient (Wildman–Crippen LogP) is 4.77. The zero-order valence-corrected chi connectivity index (χ0v) is 16.2. The van der Waals surface area contributed by atoms with E-state index in [0.29, 0.717) is 12.5 Å². The van der Waals surface area contributed by atoms with E-state index in [0.717, 1.165) is 32.5 Å². The minimum absolute atomic E-state index is 0.179. The van der Waals surface area contributed by atoms with Gasteiger partial charge in [0.25, 0.3) is 0 Å². The van der Waals surface area contributed by atoms with Gasteiger partial charge in [-0.25, -0.2) is 0 Å². The molecule has 140 valence electrons. The van der Waals surface area contributed by atoms with Crippen molar-refractivity contribution in [2.24, 2.45) is 0 Å². The van der Waals surface area contributed by atoms with Gasteiger partial charge in [0.1, 0.15) is 0 Å². The summed E-state index contributed by atoms with van der Waals surface area (Å²) in [7, 11) is 0. The Balaban J connectivity index is 0.000000758. The number of carbonyl (C=O) groups is 1. The molecule has 1 fully saturated rings. The van der Waals surface area contributed by atoms with Crippen LogP contribution in [-0.4, -0.2) is 23.4 Å². The fourth-order valence-electron chi connectivity index (χ4n) is 2.68. The molecular formula is C23H32N2O. The largest absolute Gasteiger partial charge is 0.353 e. The van der Waals surface area contributed by atoms with Crippen molar-refractivity contribution >= 4 is 5.91 Å². The first kappa shape index (κ1) is 20.2. The van der Waals surface area contributed by atoms with Crippen LogP contribution >= 0.6 is 0 Å². The van der Waals surface area contributed by atoms with Gasteiger partial charge in [0.15, 0.2) is 0 Å². The fourth-order valence-corrected chi connectivity index (χ4v) is 2.68. The Morgan fingerprint density at radius 2 is 1.38 bits per heavy atom. The van der Waals surface area contributed by atoms with Gasteiger partial charge in [-0.15, -0.1) is 0 Å². The van der Waals surface area contributed by atoms with Gasteiger partial charge in [0.05, 0.1) is 0 Å². The Bertz CT molecular complexity index is 582. The molecule has 3 rings (SSSR count). The Morgan fingerprint density at radius 1 is 0.923 bits per heavy atom. The van der Waals surface area contributed by atoms with Crippen LogP contribution in [0.25, 0.3) is 0 Å². The molecule has 3 nitrogen and oxygen atoms in total. The quantitative estimate of drug-likeness (QED) is 0.742. The monoisotopic (exact) mass is 352 g/mol. The molecule has 0 aromatic heterocycles. The van der Waals surface area contributed by atoms with Gasteiger partial charge >= 0.3 is 0 Å². The maximum atomic E-state index is 12.0. The van der Waals surface area contributed by atoms with Crippen LogP contribution in [0.3, 0.4) is 0 Å². The fraction of sp³-hybridized carbons (Fsp3) is 0.435. The summed E-state index contributed by atoms with van der Waals surface area (Å²) in [6, 6.07) is 21.3. The molecule has 1 aliphatic rings. The van der Waals surface area contributed by atoms with Crippen LogP contribution < -0.4 is 5.32 Å². The summed E-state index contributed by atoms with van der Waals surface area (Å²) < 4.78 is 0. The summed E-state index contributed by atoms with van der Waals surface area (Å²) in [4.78, 5) is 14.3. The second kappa shape index (κ2) is 11.5. The molecule has 0 radical (unpaired) electrons. The highest BCUT2D eigenvalue weighted by Crippen LogP contribution is 2.18. The van der Waals surface area contributed by atoms with Gasteiger partial charge in [0, 0.05) is 32.1 Å². The number of hydrogen-bond donors (Lipinski definition) is 1. The number of amides is 1. The molecule has 0 spiro atoms. The minimum Gasteiger partial charge on any atom is -0.353 e. The molecule has 1 N–H and O–H groups in total. The molecule has 0 atom stereocenters. The molecule has 1 amide bonds. The lowest BCUT2D eigenvalue weighted by Gasteiger charge is -2.22. The Hall–Kier alpha value is -2.13. The summed E-state index contributed by atoms with van der Waals surface area (Å²) >= 11 is 0. The molecule has 2 aromatic rings. The van der Waals surface area contributed by atoms with Crippen LogP contribution in [0.1, 0.15) is 50.7 Å². The van der Waals surface area contributed by atoms with Gasteiger partial charge < -0.3 is 5.32 Å². The van der Waals surface area contributed by atoms with Crippen LogP contribution in [0, 0.1) is 0 Å². The Morgan fingerprint density at radius 3 is 1.81 bits per heavy atom. The zero-order chi connectivity index (χ0) is 18.6. The lowest BCUT2D eigenvalue weighted by atomic mass is 10.1. The second-order valence-corrected chi connectivity index (χ2v) is 6.98. The first-order valence-corrected chi connectivity index (χ1v) is 9.80. The molecule has 0 saturated heterocycles. The van der Waals surface area contributed by atoms with Gasteiger partial charge in [-0.05, 0) is 24.0 Å². The van der Waals surface area contributed by atoms with E-state index < -0.39 is 0 Å². The molecule has 0 heterocycles. The number of benzene rings is 2. The van der Waals surface area contributed by atoms with Crippen molar-refractivity contribution < 1.29 is 4.79 Å². The molecule has 0 aliphatic heterocycles. The highest BCUT2D eigenvalue weighted by molar-refractivity contribution is 5.76. The molecular weight excluding hydrogens is 320 g/mol. The molecule has 0 unspecified atom stereocenters. The molecule has 3 heteroatoms. The van der Waals surface area contributed by atoms with Gasteiger partial charge in [-0.3, -0.25) is 9.69 Å². The summed E-state index contributed by atoms with van der Waals surface area (Å²) in [5.74, 6) is 0.179. The molecule has 2 aromatic carbocycles. The number of hydrogen-bond acceptors (Lipinski definition) is 2. The van der Waals surface area contributed by atoms with Gasteiger partial charge in [-0.1, -0.05) is 80.9 Å². The van der Waals surface area contributed by atoms with Crippen molar-refractivity contribution in [3.05, 3.63) is 71.8 Å². The SMILES string of the molecule is CCC.O=C(CCN(Cc1ccccc1)Cc1ccccc1)NC1CC1. The van der Waals surface area contributed by atoms with E-state index in [-0.39, 0.29) is 5.91 Å². The van der Waals surface area contributed by atoms with Crippen LogP contribution in [0.5, 0.6) is 0 Å². The van der Waals surface area contributed by atoms with Crippen LogP contribution in [0.4, 0.5) is 0 Å². The predicted molar refractivity (Wildman–Crippen MR) is 109 cm³/mol. The van der Waals surface area contributed by atoms with E-state index in [1.807, 2.05) is 12.1 Å². The normalized spacial score (nSPS) is 13.0. The first-order valence-electron chi connectivity index (χ1n) is 9.80. The Kier molecular flexibility index (Phi) is 8.91. The minimum atomic E-state index is 0.179. The smallest absolute Gasteiger partial charge is 0.221 e. The summed E-state index contributed by atoms with van der Waals surface area (Å²) in [5.41, 5.74) is 2.57. The summed E-state index contributed by atoms with van der Waals surface area (Å²) in [6.07, 6.45) is 4.10. The number of nitrogens with one attached hydrogen (secondary N) is 1. The highest BCUT2D eigenvalue weighted by atomic mass is 16.1. The number of nitrogens with zero attached hydrogens (tertiary/aromatic N) is 1. The molecule has 1 saturated carbocycles. The third-order valence-electron chi connectivity index (χ3n) is 4.10. The van der Waals surface area contributed by atoms with Crippen LogP contribution in [0.15, 0.2) is 60.7 Å². The van der Waals surface area contributed by atoms with E-state index in [9.17, 15) is 4.79 Å². The highest BCUT2D eigenvalue weighted by Gasteiger charge is 2.23. The van der Waals surface area contributed by atoms with E-state index in [1.54, 1.807) is 0 Å². The zero-order valence-electron chi connectivity index (χ0n) is 16.2. The number of rotatable bonds is 8. The second-order valence-electron chi connectivity index (χ2n) is 6.98. The van der Waals surface area contributed by atoms with Crippen molar-refractivity contribution in [3.8, 4) is 0 Å². The lowest BCUT2D eigenvalue weighted by Crippen LogP contribution is -2.31. The van der Waals surface area contributed by atoms with Crippen molar-refractivity contribution in [2.45, 2.75) is 58.7 Å². The van der Waals surface area contributed by atoms with Crippen LogP contribution in [0.2, 0.25) is 0 Å². The molecule has 0 bridgehead atoms. The van der Waals surface area contributed by atoms with Crippen molar-refractivity contribution in [1.82, 2.24) is 10.2 Å². The molecule has 1 aliphatic carbocycles. The first-order chi connectivity index (χ1) is 12.7. The standard InChI is InChI=1S/C20H24N2O.C3H8/c23-20(21-19-11-12-19)13-14-22(15-17-7-3-1-4-8-17)16-18-9-5-2-6-10-18;1-3-2/h1-10,19H,11-16H2,(H,21,23);3H2,1-2H3. The van der Waals surface area contributed by atoms with Crippen molar-refractivity contribution in [2.75, 3.05) is 6.54 Å². The number of carbonyl (C=O) groups excluding carboxylic acids is 1. The van der Waals surface area contributed by atoms with E-state index >= 15 is 0 Å². The van der Waals surface area contributed by atoms with E-state index in [2.05, 4.69) is 72.6 Å². The Labute approximate surface area is 158 Å². The topological polar surface area (TPSA) is 32.3 Å². The van der Waals surface area contributed by atoms with E-state index in [1.165, 1.54) is 17.5 Å². The van der Waals surface area contributed by atoms with Crippen molar-refractivity contribution in [1.29, 1.82) is 0 Å². The molecule has 26 heavy (non-hydrogen) atoms. The summed E-state index contributed by atoms with van der Waals surface area (Å²) in [5, 5.41) is 3.07. The van der Waals surface area contributed by atoms with Crippen LogP contribution in [-0.2, 0) is 17.9 Å². The average molecular weight is 353 g/mol. The van der Waals surface area contributed by atoms with E-state index in [4.69, 9.17) is 0 Å². The third-order valence-corrected chi connectivity index (χ3v) is 4.10. The maximum absolute atomic E-state index is 12.0. The van der Waals surface area contributed by atoms with Gasteiger partial charge in [-0.2, -0.15) is 0 Å². The average Bonchev–Trinajstić information content (AvgIpc) is 3.46. The summed E-state index contributed by atoms with van der Waals surface area (Å²) in [6.45, 7) is 6.77. The third kappa shape index (κ3) is 8.30. The maximum Gasteiger partial charge on any atom is 0.221 e.